The normalized spacial score (nSPS) is 18.0. The molecule has 2 fully saturated rings. The van der Waals surface area contributed by atoms with Crippen LogP contribution in [0, 0.1) is 17.2 Å². The molecule has 0 atom stereocenters. The van der Waals surface area contributed by atoms with Gasteiger partial charge in [0.1, 0.15) is 16.3 Å². The Labute approximate surface area is 138 Å². The Morgan fingerprint density at radius 1 is 1.35 bits per heavy atom. The predicted molar refractivity (Wildman–Crippen MR) is 89.5 cm³/mol. The number of thiazole rings is 1. The third kappa shape index (κ3) is 2.75. The first-order chi connectivity index (χ1) is 11.3. The SMILES string of the molecule is N#Cc1cnc(NC(=O)C2CC2)c2sc(N3CCCCC3)nc12. The monoisotopic (exact) mass is 327 g/mol. The summed E-state index contributed by atoms with van der Waals surface area (Å²) >= 11 is 1.52. The number of nitriles is 1. The van der Waals surface area contributed by atoms with Gasteiger partial charge in [-0.05, 0) is 32.1 Å². The molecule has 1 amide bonds. The second-order valence-corrected chi connectivity index (χ2v) is 7.10. The summed E-state index contributed by atoms with van der Waals surface area (Å²) in [6.07, 6.45) is 7.01. The molecule has 6 nitrogen and oxygen atoms in total. The molecule has 1 aliphatic carbocycles. The molecule has 2 aromatic heterocycles. The minimum Gasteiger partial charge on any atom is -0.348 e. The average Bonchev–Trinajstić information content (AvgIpc) is 3.34. The number of fused-ring (bicyclic) bond motifs is 1. The third-order valence-corrected chi connectivity index (χ3v) is 5.47. The van der Waals surface area contributed by atoms with Crippen LogP contribution in [0.25, 0.3) is 10.2 Å². The summed E-state index contributed by atoms with van der Waals surface area (Å²) in [5.74, 6) is 0.685. The molecule has 118 valence electrons. The summed E-state index contributed by atoms with van der Waals surface area (Å²) in [4.78, 5) is 23.3. The number of nitrogens with one attached hydrogen (secondary N) is 1. The van der Waals surface area contributed by atoms with E-state index in [0.717, 1.165) is 35.8 Å². The fourth-order valence-electron chi connectivity index (χ4n) is 2.86. The molecule has 2 aliphatic rings. The number of amides is 1. The van der Waals surface area contributed by atoms with Crippen molar-refractivity contribution < 1.29 is 4.79 Å². The van der Waals surface area contributed by atoms with Crippen molar-refractivity contribution >= 4 is 38.4 Å². The van der Waals surface area contributed by atoms with Crippen molar-refractivity contribution in [3.05, 3.63) is 11.8 Å². The van der Waals surface area contributed by atoms with E-state index in [-0.39, 0.29) is 11.8 Å². The standard InChI is InChI=1S/C16H17N5OS/c17-8-11-9-18-14(20-15(22)10-4-5-10)13-12(11)19-16(23-13)21-6-2-1-3-7-21/h9-10H,1-7H2,(H,18,20,22). The van der Waals surface area contributed by atoms with E-state index in [2.05, 4.69) is 26.3 Å². The first-order valence-corrected chi connectivity index (χ1v) is 8.83. The Hall–Kier alpha value is -2.20. The number of anilines is 2. The zero-order valence-electron chi connectivity index (χ0n) is 12.7. The number of carbonyl (C=O) groups excluding carboxylic acids is 1. The third-order valence-electron chi connectivity index (χ3n) is 4.35. The molecule has 0 aromatic carbocycles. The first kappa shape index (κ1) is 14.4. The van der Waals surface area contributed by atoms with Crippen molar-refractivity contribution in [3.8, 4) is 6.07 Å². The van der Waals surface area contributed by atoms with Crippen LogP contribution in [0.4, 0.5) is 10.9 Å². The van der Waals surface area contributed by atoms with E-state index in [0.29, 0.717) is 16.9 Å². The topological polar surface area (TPSA) is 81.9 Å². The van der Waals surface area contributed by atoms with Gasteiger partial charge in [-0.2, -0.15) is 5.26 Å². The number of nitrogens with zero attached hydrogens (tertiary/aromatic N) is 4. The number of aromatic nitrogens is 2. The Kier molecular flexibility index (Phi) is 3.62. The van der Waals surface area contributed by atoms with E-state index >= 15 is 0 Å². The Balaban J connectivity index is 1.73. The van der Waals surface area contributed by atoms with Gasteiger partial charge in [-0.15, -0.1) is 0 Å². The van der Waals surface area contributed by atoms with Gasteiger partial charge in [-0.1, -0.05) is 11.3 Å². The summed E-state index contributed by atoms with van der Waals surface area (Å²) in [5, 5.41) is 13.1. The number of carbonyl (C=O) groups is 1. The maximum Gasteiger partial charge on any atom is 0.228 e. The van der Waals surface area contributed by atoms with Gasteiger partial charge >= 0.3 is 0 Å². The quantitative estimate of drug-likeness (QED) is 0.937. The Morgan fingerprint density at radius 3 is 2.83 bits per heavy atom. The van der Waals surface area contributed by atoms with E-state index in [1.54, 1.807) is 0 Å². The molecule has 0 bridgehead atoms. The fraction of sp³-hybridized carbons (Fsp3) is 0.500. The molecular formula is C16H17N5OS. The van der Waals surface area contributed by atoms with Crippen LogP contribution in [-0.4, -0.2) is 29.0 Å². The summed E-state index contributed by atoms with van der Waals surface area (Å²) in [7, 11) is 0. The van der Waals surface area contributed by atoms with E-state index in [9.17, 15) is 10.1 Å². The average molecular weight is 327 g/mol. The molecule has 2 aromatic rings. The lowest BCUT2D eigenvalue weighted by Crippen LogP contribution is -2.29. The van der Waals surface area contributed by atoms with Gasteiger partial charge in [0.15, 0.2) is 10.9 Å². The predicted octanol–water partition coefficient (Wildman–Crippen LogP) is 2.90. The smallest absolute Gasteiger partial charge is 0.228 e. The van der Waals surface area contributed by atoms with Crippen molar-refractivity contribution in [2.75, 3.05) is 23.3 Å². The van der Waals surface area contributed by atoms with E-state index < -0.39 is 0 Å². The largest absolute Gasteiger partial charge is 0.348 e. The van der Waals surface area contributed by atoms with Crippen molar-refractivity contribution in [2.24, 2.45) is 5.92 Å². The van der Waals surface area contributed by atoms with Gasteiger partial charge in [-0.3, -0.25) is 4.79 Å². The second-order valence-electron chi connectivity index (χ2n) is 6.12. The maximum atomic E-state index is 12.0. The second kappa shape index (κ2) is 5.78. The fourth-order valence-corrected chi connectivity index (χ4v) is 3.94. The molecule has 3 heterocycles. The van der Waals surface area contributed by atoms with Crippen LogP contribution in [0.3, 0.4) is 0 Å². The molecule has 23 heavy (non-hydrogen) atoms. The van der Waals surface area contributed by atoms with Crippen molar-refractivity contribution in [2.45, 2.75) is 32.1 Å². The highest BCUT2D eigenvalue weighted by Crippen LogP contribution is 2.37. The number of pyridine rings is 1. The first-order valence-electron chi connectivity index (χ1n) is 8.01. The molecule has 1 saturated heterocycles. The molecule has 1 saturated carbocycles. The zero-order chi connectivity index (χ0) is 15.8. The highest BCUT2D eigenvalue weighted by molar-refractivity contribution is 7.22. The molecule has 0 unspecified atom stereocenters. The van der Waals surface area contributed by atoms with Crippen LogP contribution < -0.4 is 10.2 Å². The van der Waals surface area contributed by atoms with Crippen LogP contribution in [-0.2, 0) is 4.79 Å². The van der Waals surface area contributed by atoms with Crippen LogP contribution in [0.1, 0.15) is 37.7 Å². The molecule has 7 heteroatoms. The number of rotatable bonds is 3. The summed E-state index contributed by atoms with van der Waals surface area (Å²) in [5.41, 5.74) is 1.11. The van der Waals surface area contributed by atoms with Crippen molar-refractivity contribution in [1.82, 2.24) is 9.97 Å². The van der Waals surface area contributed by atoms with Crippen LogP contribution in [0.2, 0.25) is 0 Å². The van der Waals surface area contributed by atoms with Gasteiger partial charge in [0.25, 0.3) is 0 Å². The number of hydrogen-bond acceptors (Lipinski definition) is 6. The zero-order valence-corrected chi connectivity index (χ0v) is 13.5. The van der Waals surface area contributed by atoms with E-state index in [1.165, 1.54) is 36.8 Å². The summed E-state index contributed by atoms with van der Waals surface area (Å²) < 4.78 is 0.804. The minimum atomic E-state index is 0.0245. The highest BCUT2D eigenvalue weighted by atomic mass is 32.1. The van der Waals surface area contributed by atoms with Crippen LogP contribution in [0.15, 0.2) is 6.20 Å². The Morgan fingerprint density at radius 2 is 2.13 bits per heavy atom. The Bertz CT molecular complexity index is 799. The number of piperidine rings is 1. The van der Waals surface area contributed by atoms with Gasteiger partial charge in [0.05, 0.1) is 5.56 Å². The highest BCUT2D eigenvalue weighted by Gasteiger charge is 2.30. The molecule has 0 radical (unpaired) electrons. The van der Waals surface area contributed by atoms with Crippen molar-refractivity contribution in [3.63, 3.8) is 0 Å². The molecular weight excluding hydrogens is 310 g/mol. The van der Waals surface area contributed by atoms with Gasteiger partial charge in [-0.25, -0.2) is 9.97 Å². The van der Waals surface area contributed by atoms with Gasteiger partial charge in [0, 0.05) is 25.2 Å². The lowest BCUT2D eigenvalue weighted by atomic mass is 10.1. The van der Waals surface area contributed by atoms with E-state index in [4.69, 9.17) is 0 Å². The number of hydrogen-bond donors (Lipinski definition) is 1. The lowest BCUT2D eigenvalue weighted by molar-refractivity contribution is -0.117. The van der Waals surface area contributed by atoms with Crippen LogP contribution >= 0.6 is 11.3 Å². The van der Waals surface area contributed by atoms with E-state index in [1.807, 2.05) is 0 Å². The minimum absolute atomic E-state index is 0.0245. The summed E-state index contributed by atoms with van der Waals surface area (Å²) in [6.45, 7) is 2.00. The van der Waals surface area contributed by atoms with Crippen molar-refractivity contribution in [1.29, 1.82) is 5.26 Å². The molecule has 4 rings (SSSR count). The summed E-state index contributed by atoms with van der Waals surface area (Å²) in [6, 6.07) is 2.15. The maximum absolute atomic E-state index is 12.0. The van der Waals surface area contributed by atoms with Crippen LogP contribution in [0.5, 0.6) is 0 Å². The lowest BCUT2D eigenvalue weighted by Gasteiger charge is -2.25. The molecule has 1 aliphatic heterocycles. The molecule has 0 spiro atoms. The van der Waals surface area contributed by atoms with Gasteiger partial charge < -0.3 is 10.2 Å². The van der Waals surface area contributed by atoms with Gasteiger partial charge in [0.2, 0.25) is 5.91 Å². The molecule has 1 N–H and O–H groups in total.